The third-order valence-corrected chi connectivity index (χ3v) is 2.69. The van der Waals surface area contributed by atoms with E-state index in [0.717, 1.165) is 0 Å². The maximum absolute atomic E-state index is 12.0. The van der Waals surface area contributed by atoms with E-state index in [1.54, 1.807) is 6.92 Å². The van der Waals surface area contributed by atoms with Gasteiger partial charge in [0.05, 0.1) is 6.42 Å². The van der Waals surface area contributed by atoms with Crippen LogP contribution in [0.3, 0.4) is 0 Å². The molecule has 0 fully saturated rings. The van der Waals surface area contributed by atoms with Gasteiger partial charge in [0.2, 0.25) is 11.0 Å². The third-order valence-electron chi connectivity index (χ3n) is 1.85. The quantitative estimate of drug-likeness (QED) is 0.885. The smallest absolute Gasteiger partial charge is 0.330 e. The van der Waals surface area contributed by atoms with Crippen LogP contribution in [0.2, 0.25) is 0 Å². The molecule has 1 amide bonds. The van der Waals surface area contributed by atoms with E-state index >= 15 is 0 Å². The molecule has 18 heavy (non-hydrogen) atoms. The van der Waals surface area contributed by atoms with Crippen LogP contribution in [0.1, 0.15) is 11.9 Å². The Hall–Kier alpha value is -0.930. The van der Waals surface area contributed by atoms with Gasteiger partial charge >= 0.3 is 6.18 Å². The number of nitrogens with two attached hydrogens (primary N) is 1. The summed E-state index contributed by atoms with van der Waals surface area (Å²) in [6.45, 7) is 1.76. The molecule has 0 aliphatic rings. The molecule has 10 heteroatoms. The Kier molecular flexibility index (Phi) is 6.50. The van der Waals surface area contributed by atoms with Crippen molar-refractivity contribution in [1.82, 2.24) is 10.2 Å². The van der Waals surface area contributed by atoms with Crippen molar-refractivity contribution in [3.8, 4) is 0 Å². The molecule has 1 unspecified atom stereocenters. The highest BCUT2D eigenvalue weighted by Gasteiger charge is 2.30. The topological polar surface area (TPSA) is 80.9 Å². The van der Waals surface area contributed by atoms with E-state index in [1.807, 2.05) is 0 Å². The van der Waals surface area contributed by atoms with Gasteiger partial charge < -0.3 is 11.1 Å². The second kappa shape index (κ2) is 6.86. The van der Waals surface area contributed by atoms with Crippen molar-refractivity contribution in [2.75, 3.05) is 11.9 Å². The molecule has 0 bridgehead atoms. The van der Waals surface area contributed by atoms with E-state index < -0.39 is 18.5 Å². The van der Waals surface area contributed by atoms with Gasteiger partial charge in [-0.05, 0) is 0 Å². The molecule has 0 aromatic carbocycles. The summed E-state index contributed by atoms with van der Waals surface area (Å²) in [5.74, 6) is -0.813. The largest absolute Gasteiger partial charge is 0.395 e. The molecule has 0 aliphatic heterocycles. The van der Waals surface area contributed by atoms with Crippen LogP contribution in [-0.2, 0) is 11.2 Å². The van der Waals surface area contributed by atoms with Crippen LogP contribution in [0, 0.1) is 5.92 Å². The van der Waals surface area contributed by atoms with E-state index in [1.165, 1.54) is 0 Å². The van der Waals surface area contributed by atoms with Gasteiger partial charge in [0.15, 0.2) is 0 Å². The average Bonchev–Trinajstić information content (AvgIpc) is 2.61. The number of rotatable bonds is 4. The van der Waals surface area contributed by atoms with Crippen LogP contribution in [0.5, 0.6) is 0 Å². The van der Waals surface area contributed by atoms with E-state index in [2.05, 4.69) is 15.5 Å². The molecule has 0 radical (unpaired) electrons. The molecule has 3 N–H and O–H groups in total. The molecule has 0 aliphatic carbocycles. The number of hydrogen-bond donors (Lipinski definition) is 2. The zero-order valence-electron chi connectivity index (χ0n) is 9.32. The Labute approximate surface area is 111 Å². The van der Waals surface area contributed by atoms with Gasteiger partial charge in [-0.25, -0.2) is 0 Å². The molecule has 5 nitrogen and oxygen atoms in total. The number of nitrogens with zero attached hydrogens (tertiary/aromatic N) is 2. The highest BCUT2D eigenvalue weighted by atomic mass is 35.5. The molecule has 1 rings (SSSR count). The maximum Gasteiger partial charge on any atom is 0.395 e. The first-order chi connectivity index (χ1) is 7.81. The van der Waals surface area contributed by atoms with Crippen molar-refractivity contribution in [2.45, 2.75) is 19.5 Å². The number of nitrogens with one attached hydrogen (secondary N) is 1. The molecule has 104 valence electrons. The Morgan fingerprint density at radius 1 is 1.50 bits per heavy atom. The van der Waals surface area contributed by atoms with Crippen LogP contribution in [-0.4, -0.2) is 28.8 Å². The van der Waals surface area contributed by atoms with Crippen molar-refractivity contribution in [1.29, 1.82) is 0 Å². The summed E-state index contributed by atoms with van der Waals surface area (Å²) >= 11 is 0.701. The number of amides is 1. The summed E-state index contributed by atoms with van der Waals surface area (Å²) in [7, 11) is 0. The fourth-order valence-electron chi connectivity index (χ4n) is 0.883. The molecule has 0 spiro atoms. The minimum Gasteiger partial charge on any atom is -0.330 e. The van der Waals surface area contributed by atoms with Crippen LogP contribution >= 0.6 is 23.7 Å². The zero-order valence-corrected chi connectivity index (χ0v) is 11.0. The summed E-state index contributed by atoms with van der Waals surface area (Å²) in [6.07, 6.45) is -5.47. The third kappa shape index (κ3) is 5.61. The fraction of sp³-hybridized carbons (Fsp3) is 0.625. The van der Waals surface area contributed by atoms with Gasteiger partial charge in [-0.1, -0.05) is 18.3 Å². The van der Waals surface area contributed by atoms with E-state index in [-0.39, 0.29) is 35.0 Å². The molecule has 1 heterocycles. The van der Waals surface area contributed by atoms with Gasteiger partial charge in [0.25, 0.3) is 0 Å². The van der Waals surface area contributed by atoms with Crippen LogP contribution in [0.15, 0.2) is 0 Å². The number of halogens is 4. The van der Waals surface area contributed by atoms with Crippen molar-refractivity contribution < 1.29 is 18.0 Å². The van der Waals surface area contributed by atoms with Crippen LogP contribution < -0.4 is 11.1 Å². The van der Waals surface area contributed by atoms with Crippen molar-refractivity contribution in [3.63, 3.8) is 0 Å². The lowest BCUT2D eigenvalue weighted by Gasteiger charge is -2.06. The minimum atomic E-state index is -4.33. The van der Waals surface area contributed by atoms with E-state index in [0.29, 0.717) is 11.3 Å². The monoisotopic (exact) mass is 304 g/mol. The second-order valence-electron chi connectivity index (χ2n) is 3.42. The number of anilines is 1. The zero-order chi connectivity index (χ0) is 13.1. The van der Waals surface area contributed by atoms with Crippen molar-refractivity contribution in [3.05, 3.63) is 5.01 Å². The van der Waals surface area contributed by atoms with Crippen molar-refractivity contribution >= 4 is 34.8 Å². The maximum atomic E-state index is 12.0. The van der Waals surface area contributed by atoms with Crippen molar-refractivity contribution in [2.24, 2.45) is 11.7 Å². The Morgan fingerprint density at radius 2 is 2.11 bits per heavy atom. The minimum absolute atomic E-state index is 0. The molecule has 0 saturated heterocycles. The number of carbonyl (C=O) groups is 1. The fourth-order valence-corrected chi connectivity index (χ4v) is 1.66. The number of hydrogen-bond acceptors (Lipinski definition) is 5. The summed E-state index contributed by atoms with van der Waals surface area (Å²) in [4.78, 5) is 11.4. The van der Waals surface area contributed by atoms with Gasteiger partial charge in [-0.15, -0.1) is 22.6 Å². The molecular formula is C8H12ClF3N4OS. The van der Waals surface area contributed by atoms with E-state index in [4.69, 9.17) is 5.73 Å². The number of carbonyl (C=O) groups excluding carboxylic acids is 1. The highest BCUT2D eigenvalue weighted by Crippen LogP contribution is 2.25. The standard InChI is InChI=1S/C8H11F3N4OS.ClH/c1-4(3-12)6(16)13-7-15-14-5(17-7)2-8(9,10)11;/h4H,2-3,12H2,1H3,(H,13,15,16);1H. The van der Waals surface area contributed by atoms with Crippen LogP contribution in [0.4, 0.5) is 18.3 Å². The summed E-state index contributed by atoms with van der Waals surface area (Å²) in [5.41, 5.74) is 5.27. The van der Waals surface area contributed by atoms with Gasteiger partial charge in [-0.2, -0.15) is 13.2 Å². The number of alkyl halides is 3. The summed E-state index contributed by atoms with van der Waals surface area (Å²) in [6, 6.07) is 0. The summed E-state index contributed by atoms with van der Waals surface area (Å²) < 4.78 is 36.1. The van der Waals surface area contributed by atoms with E-state index in [9.17, 15) is 18.0 Å². The molecular weight excluding hydrogens is 293 g/mol. The van der Waals surface area contributed by atoms with Gasteiger partial charge in [0, 0.05) is 12.5 Å². The van der Waals surface area contributed by atoms with Gasteiger partial charge in [0.1, 0.15) is 5.01 Å². The lowest BCUT2D eigenvalue weighted by Crippen LogP contribution is -2.26. The molecule has 0 saturated carbocycles. The molecule has 1 aromatic rings. The van der Waals surface area contributed by atoms with Gasteiger partial charge in [-0.3, -0.25) is 4.79 Å². The van der Waals surface area contributed by atoms with Crippen LogP contribution in [0.25, 0.3) is 0 Å². The first-order valence-corrected chi connectivity index (χ1v) is 5.53. The SMILES string of the molecule is CC(CN)C(=O)Nc1nnc(CC(F)(F)F)s1.Cl. The predicted octanol–water partition coefficient (Wildman–Crippen LogP) is 1.60. The lowest BCUT2D eigenvalue weighted by atomic mass is 10.2. The molecule has 1 atom stereocenters. The second-order valence-corrected chi connectivity index (χ2v) is 4.48. The Morgan fingerprint density at radius 3 is 2.61 bits per heavy atom. The first kappa shape index (κ1) is 17.1. The average molecular weight is 305 g/mol. The first-order valence-electron chi connectivity index (χ1n) is 4.72. The predicted molar refractivity (Wildman–Crippen MR) is 63.8 cm³/mol. The Balaban J connectivity index is 0.00000289. The number of aromatic nitrogens is 2. The molecule has 1 aromatic heterocycles. The Bertz CT molecular complexity index is 398. The summed E-state index contributed by atoms with van der Waals surface area (Å²) in [5, 5.41) is 9.02. The lowest BCUT2D eigenvalue weighted by molar-refractivity contribution is -0.127. The highest BCUT2D eigenvalue weighted by molar-refractivity contribution is 7.15. The normalized spacial score (nSPS) is 12.7.